The van der Waals surface area contributed by atoms with E-state index in [2.05, 4.69) is 35.1 Å². The molecule has 6 amide bonds. The molecule has 12 aliphatic rings. The number of nitrogens with zero attached hydrogens (tertiary/aromatic N) is 8. The highest BCUT2D eigenvalue weighted by Gasteiger charge is 2.55. The third-order valence-electron chi connectivity index (χ3n) is 26.4. The van der Waals surface area contributed by atoms with E-state index in [0.29, 0.717) is 104 Å². The number of carbonyl (C=O) groups excluding carboxylic acids is 7. The Balaban J connectivity index is 0.000000161. The Labute approximate surface area is 654 Å². The Morgan fingerprint density at radius 2 is 0.881 bits per heavy atom. The molecule has 9 heterocycles. The van der Waals surface area contributed by atoms with Gasteiger partial charge in [-0.3, -0.25) is 19.2 Å². The standard InChI is InChI=1S/C30H44N4O5.C22H38N4O3.C19H33N3O2.C12H14O4.ClH/c1-2-38-29(37)33-18-13-30(22-33)19-25(20-30)32-16-11-24(12-17-32)26-9-6-15-34(26)27(35)10-14-31-28(36)39-21-23-7-4-3-5-8-23;1-2-29-21(28)25-13-8-22(16-25)14-18(15-22)24-11-6-17(7-12-24)19-4-3-10-26(19)20(27)5-9-23;1-2-24-18(23)22-11-7-19(14-22)12-16(13-19)21-9-5-15(6-10-21)17-4-3-8-20-17;13-11(14)7-4-8-12(15)16-9-10-5-2-1-3-6-10;/h3-5,7-8,24-26H,2,6,9-22H2,1H3,(H,31,36);17-19H,2-16,23H2,1H3;15-17,20H,2-14H2,1H3;1-3,5-6H,4,7-9H2,(H,13,14);1H/t25?,26-,30?;18?,19-,22?;16?,17-,19?;;/m000../s1. The molecule has 3 aliphatic carbocycles. The van der Waals surface area contributed by atoms with Crippen LogP contribution in [0, 0.1) is 34.0 Å². The molecule has 14 rings (SSSR count). The number of esters is 1. The van der Waals surface area contributed by atoms with Crippen LogP contribution < -0.4 is 16.4 Å². The summed E-state index contributed by atoms with van der Waals surface area (Å²) < 4.78 is 25.8. The van der Waals surface area contributed by atoms with Gasteiger partial charge in [0, 0.05) is 127 Å². The number of alkyl carbamates (subject to hydrolysis) is 1. The van der Waals surface area contributed by atoms with Crippen LogP contribution in [-0.4, -0.2) is 260 Å². The zero-order valence-corrected chi connectivity index (χ0v) is 66.5. The number of likely N-dealkylation sites (tertiary alicyclic amines) is 8. The first-order valence-electron chi connectivity index (χ1n) is 41.7. The summed E-state index contributed by atoms with van der Waals surface area (Å²) in [6.07, 6.45) is 25.8. The topological polar surface area (TPSA) is 279 Å². The lowest BCUT2D eigenvalue weighted by Crippen LogP contribution is -2.55. The van der Waals surface area contributed by atoms with Crippen LogP contribution in [-0.2, 0) is 56.1 Å². The maximum Gasteiger partial charge on any atom is 0.409 e. The summed E-state index contributed by atoms with van der Waals surface area (Å²) in [7, 11) is 0. The van der Waals surface area contributed by atoms with Crippen molar-refractivity contribution in [1.82, 2.24) is 49.8 Å². The molecule has 109 heavy (non-hydrogen) atoms. The molecule has 0 aromatic heterocycles. The summed E-state index contributed by atoms with van der Waals surface area (Å²) in [6.45, 7) is 23.4. The molecule has 0 unspecified atom stereocenters. The van der Waals surface area contributed by atoms with Gasteiger partial charge >= 0.3 is 36.3 Å². The van der Waals surface area contributed by atoms with Crippen LogP contribution in [0.25, 0.3) is 0 Å². The number of carboxylic acid groups (broad SMARTS) is 1. The Hall–Kier alpha value is -6.51. The van der Waals surface area contributed by atoms with Gasteiger partial charge in [-0.05, 0) is 253 Å². The van der Waals surface area contributed by atoms with Crippen molar-refractivity contribution in [2.24, 2.45) is 39.7 Å². The molecule has 2 aromatic rings. The number of hydrogen-bond donors (Lipinski definition) is 4. The molecule has 25 nitrogen and oxygen atoms in total. The summed E-state index contributed by atoms with van der Waals surface area (Å²) in [6, 6.07) is 22.6. The number of hydrogen-bond acceptors (Lipinski definition) is 18. The molecule has 2 aromatic carbocycles. The third kappa shape index (κ3) is 23.3. The number of amides is 6. The number of ether oxygens (including phenoxy) is 5. The van der Waals surface area contributed by atoms with Crippen LogP contribution in [0.3, 0.4) is 0 Å². The van der Waals surface area contributed by atoms with Crippen LogP contribution in [0.5, 0.6) is 0 Å². The predicted molar refractivity (Wildman–Crippen MR) is 417 cm³/mol. The number of piperidine rings is 3. The van der Waals surface area contributed by atoms with Crippen molar-refractivity contribution in [3.8, 4) is 0 Å². The van der Waals surface area contributed by atoms with E-state index in [0.717, 1.165) is 159 Å². The molecule has 3 saturated carbocycles. The first-order valence-corrected chi connectivity index (χ1v) is 41.7. The zero-order chi connectivity index (χ0) is 76.1. The molecule has 9 aliphatic heterocycles. The van der Waals surface area contributed by atoms with E-state index < -0.39 is 12.1 Å². The fourth-order valence-corrected chi connectivity index (χ4v) is 20.5. The van der Waals surface area contributed by atoms with Gasteiger partial charge in [0.1, 0.15) is 13.2 Å². The molecular formula is C83H130ClN11O14. The van der Waals surface area contributed by atoms with Crippen molar-refractivity contribution < 1.29 is 67.1 Å². The van der Waals surface area contributed by atoms with E-state index in [1.807, 2.05) is 96.1 Å². The van der Waals surface area contributed by atoms with Gasteiger partial charge in [-0.1, -0.05) is 60.7 Å². The van der Waals surface area contributed by atoms with Crippen molar-refractivity contribution >= 4 is 60.5 Å². The van der Waals surface area contributed by atoms with Crippen molar-refractivity contribution in [1.29, 1.82) is 0 Å². The summed E-state index contributed by atoms with van der Waals surface area (Å²) in [5.74, 6) is 1.25. The van der Waals surface area contributed by atoms with Gasteiger partial charge in [-0.2, -0.15) is 0 Å². The van der Waals surface area contributed by atoms with Crippen LogP contribution in [0.2, 0.25) is 0 Å². The summed E-state index contributed by atoms with van der Waals surface area (Å²) in [5.41, 5.74) is 8.50. The summed E-state index contributed by atoms with van der Waals surface area (Å²) in [5, 5.41) is 14.8. The minimum absolute atomic E-state index is 0. The highest BCUT2D eigenvalue weighted by molar-refractivity contribution is 5.85. The molecule has 5 N–H and O–H groups in total. The lowest BCUT2D eigenvalue weighted by Gasteiger charge is -2.52. The number of carboxylic acids is 1. The molecule has 0 bridgehead atoms. The molecule has 12 fully saturated rings. The Bertz CT molecular complexity index is 3200. The highest BCUT2D eigenvalue weighted by atomic mass is 35.5. The SMILES string of the molecule is CCOC(=O)N1CCC2(CC(N3CCC([C@@H]4CCCN4)CC3)C2)C1.CCOC(=O)N1CCC2(CC(N3CCC([C@@H]4CCCN4C(=O)CCN)CC3)C2)C1.CCOC(=O)N1CCC2(CC(N3CCC([C@@H]4CCCN4C(=O)CCNC(=O)OCc4ccccc4)CC3)C2)C1.Cl.O=C(O)CCCC(=O)OCc1ccccc1. The zero-order valence-electron chi connectivity index (χ0n) is 65.7. The highest BCUT2D eigenvalue weighted by Crippen LogP contribution is 2.54. The summed E-state index contributed by atoms with van der Waals surface area (Å²) >= 11 is 0. The van der Waals surface area contributed by atoms with Crippen LogP contribution in [0.4, 0.5) is 19.2 Å². The summed E-state index contributed by atoms with van der Waals surface area (Å²) in [4.78, 5) is 113. The Kier molecular flexibility index (Phi) is 32.2. The van der Waals surface area contributed by atoms with Crippen LogP contribution in [0.1, 0.15) is 199 Å². The van der Waals surface area contributed by atoms with E-state index >= 15 is 0 Å². The molecule has 26 heteroatoms. The van der Waals surface area contributed by atoms with E-state index in [4.69, 9.17) is 34.5 Å². The van der Waals surface area contributed by atoms with Crippen molar-refractivity contribution in [2.75, 3.05) is 131 Å². The Morgan fingerprint density at radius 1 is 0.477 bits per heavy atom. The Morgan fingerprint density at radius 3 is 1.27 bits per heavy atom. The lowest BCUT2D eigenvalue weighted by atomic mass is 9.64. The quantitative estimate of drug-likeness (QED) is 0.0630. The van der Waals surface area contributed by atoms with Gasteiger partial charge < -0.3 is 84.4 Å². The number of rotatable bonds is 22. The maximum absolute atomic E-state index is 13.0. The second-order valence-electron chi connectivity index (χ2n) is 33.4. The van der Waals surface area contributed by atoms with Gasteiger partial charge in [0.25, 0.3) is 0 Å². The van der Waals surface area contributed by atoms with Gasteiger partial charge in [-0.25, -0.2) is 19.2 Å². The third-order valence-corrected chi connectivity index (χ3v) is 26.4. The second-order valence-corrected chi connectivity index (χ2v) is 33.4. The second kappa shape index (κ2) is 41.3. The maximum atomic E-state index is 13.0. The first-order chi connectivity index (χ1) is 52.4. The number of benzene rings is 2. The number of halogens is 1. The van der Waals surface area contributed by atoms with Crippen molar-refractivity contribution in [3.05, 3.63) is 71.8 Å². The first kappa shape index (κ1) is 84.9. The smallest absolute Gasteiger partial charge is 0.409 e. The lowest BCUT2D eigenvalue weighted by molar-refractivity contribution is -0.145. The van der Waals surface area contributed by atoms with Gasteiger partial charge in [0.05, 0.1) is 19.8 Å². The molecule has 3 spiro atoms. The van der Waals surface area contributed by atoms with Crippen LogP contribution in [0.15, 0.2) is 60.7 Å². The average Bonchev–Trinajstić information content (AvgIpc) is 1.66. The molecule has 608 valence electrons. The van der Waals surface area contributed by atoms with Gasteiger partial charge in [-0.15, -0.1) is 12.4 Å². The number of aliphatic carboxylic acids is 1. The fraction of sp³-hybridized carbons (Fsp3) is 0.759. The van der Waals surface area contributed by atoms with Crippen LogP contribution >= 0.6 is 12.4 Å². The van der Waals surface area contributed by atoms with Crippen molar-refractivity contribution in [2.45, 2.75) is 237 Å². The molecule has 0 radical (unpaired) electrons. The van der Waals surface area contributed by atoms with E-state index in [-0.39, 0.29) is 74.5 Å². The monoisotopic (exact) mass is 1540 g/mol. The molecule has 9 saturated heterocycles. The minimum atomic E-state index is -0.893. The molecule has 3 atom stereocenters. The largest absolute Gasteiger partial charge is 0.481 e. The number of nitrogens with one attached hydrogen (secondary N) is 2. The average molecular weight is 1540 g/mol. The number of nitrogens with two attached hydrogens (primary N) is 1. The van der Waals surface area contributed by atoms with Gasteiger partial charge in [0.15, 0.2) is 0 Å². The van der Waals surface area contributed by atoms with Gasteiger partial charge in [0.2, 0.25) is 11.8 Å². The van der Waals surface area contributed by atoms with E-state index in [9.17, 15) is 38.4 Å². The normalized spacial score (nSPS) is 28.4. The molecular weight excluding hydrogens is 1410 g/mol. The number of carbonyl (C=O) groups is 8. The van der Waals surface area contributed by atoms with E-state index in [1.54, 1.807) is 0 Å². The van der Waals surface area contributed by atoms with Crippen molar-refractivity contribution in [3.63, 3.8) is 0 Å². The fourth-order valence-electron chi connectivity index (χ4n) is 20.5. The predicted octanol–water partition coefficient (Wildman–Crippen LogP) is 10.9. The van der Waals surface area contributed by atoms with E-state index in [1.165, 1.54) is 103 Å². The minimum Gasteiger partial charge on any atom is -0.481 e.